The Morgan fingerprint density at radius 2 is 1.62 bits per heavy atom. The lowest BCUT2D eigenvalue weighted by Gasteiger charge is -2.28. The number of methoxy groups -OCH3 is 1. The van der Waals surface area contributed by atoms with Gasteiger partial charge < -0.3 is 24.6 Å². The van der Waals surface area contributed by atoms with Gasteiger partial charge >= 0.3 is 0 Å². The quantitative estimate of drug-likeness (QED) is 0.253. The molecule has 4 aliphatic rings. The standard InChI is InChI=1S/C33H28N2O4/c1-37-30-18-23-13-15-35-29-17-21-4-9-25(10-5-21)38-24-7-2-20(3-8-24)16-28-27-19-26(11-6-22(27)12-14-34-28)39-33(31(23)29)32(30)36/h2-11,13,15,18-19,28,34,36H,12,14,16-17H2,1H3. The lowest BCUT2D eigenvalue weighted by atomic mass is 9.90. The van der Waals surface area contributed by atoms with E-state index in [0.29, 0.717) is 23.7 Å². The molecule has 4 aromatic carbocycles. The van der Waals surface area contributed by atoms with Crippen molar-refractivity contribution in [1.29, 1.82) is 0 Å². The lowest BCUT2D eigenvalue weighted by molar-refractivity contribution is 0.356. The number of fused-ring (bicyclic) bond motifs is 2. The minimum Gasteiger partial charge on any atom is -0.502 e. The Hall–Kier alpha value is -4.55. The molecular formula is C33H28N2O4. The summed E-state index contributed by atoms with van der Waals surface area (Å²) in [6.07, 6.45) is 4.14. The second-order valence-electron chi connectivity index (χ2n) is 10.1. The van der Waals surface area contributed by atoms with Crippen molar-refractivity contribution in [2.75, 3.05) is 13.7 Å². The highest BCUT2D eigenvalue weighted by Gasteiger charge is 2.23. The molecule has 1 aromatic heterocycles. The fraction of sp³-hybridized carbons (Fsp3) is 0.182. The van der Waals surface area contributed by atoms with E-state index >= 15 is 0 Å². The number of aromatic nitrogens is 1. The largest absolute Gasteiger partial charge is 0.502 e. The molecule has 6 heteroatoms. The molecule has 6 bridgehead atoms. The van der Waals surface area contributed by atoms with Gasteiger partial charge in [-0.05, 0) is 95.6 Å². The first kappa shape index (κ1) is 23.6. The van der Waals surface area contributed by atoms with Crippen molar-refractivity contribution in [3.8, 4) is 34.5 Å². The molecule has 0 fully saturated rings. The summed E-state index contributed by atoms with van der Waals surface area (Å²) in [5, 5.41) is 16.6. The van der Waals surface area contributed by atoms with Gasteiger partial charge in [-0.25, -0.2) is 0 Å². The smallest absolute Gasteiger partial charge is 0.202 e. The van der Waals surface area contributed by atoms with Crippen LogP contribution in [0.3, 0.4) is 0 Å². The number of nitrogens with one attached hydrogen (secondary N) is 1. The fourth-order valence-electron chi connectivity index (χ4n) is 5.65. The predicted molar refractivity (Wildman–Crippen MR) is 150 cm³/mol. The van der Waals surface area contributed by atoms with Crippen LogP contribution in [0.4, 0.5) is 0 Å². The van der Waals surface area contributed by atoms with Crippen LogP contribution in [0.1, 0.15) is 34.0 Å². The summed E-state index contributed by atoms with van der Waals surface area (Å²) in [6, 6.07) is 26.4. The topological polar surface area (TPSA) is 72.8 Å². The molecule has 0 amide bonds. The normalized spacial score (nSPS) is 16.1. The molecule has 1 unspecified atom stereocenters. The van der Waals surface area contributed by atoms with Crippen molar-refractivity contribution in [2.24, 2.45) is 0 Å². The molecule has 194 valence electrons. The highest BCUT2D eigenvalue weighted by molar-refractivity contribution is 5.95. The highest BCUT2D eigenvalue weighted by Crippen LogP contribution is 2.46. The van der Waals surface area contributed by atoms with Gasteiger partial charge in [0.2, 0.25) is 5.75 Å². The third-order valence-electron chi connectivity index (χ3n) is 7.64. The summed E-state index contributed by atoms with van der Waals surface area (Å²) < 4.78 is 18.2. The Morgan fingerprint density at radius 3 is 2.38 bits per heavy atom. The molecule has 5 aromatic rings. The minimum absolute atomic E-state index is 0.0406. The zero-order valence-corrected chi connectivity index (χ0v) is 21.6. The van der Waals surface area contributed by atoms with Gasteiger partial charge in [0.25, 0.3) is 0 Å². The van der Waals surface area contributed by atoms with Crippen LogP contribution in [0.25, 0.3) is 10.8 Å². The molecule has 0 saturated carbocycles. The first-order valence-electron chi connectivity index (χ1n) is 13.2. The van der Waals surface area contributed by atoms with Gasteiger partial charge in [0.1, 0.15) is 17.2 Å². The van der Waals surface area contributed by atoms with Crippen LogP contribution in [-0.4, -0.2) is 23.7 Å². The summed E-state index contributed by atoms with van der Waals surface area (Å²) in [5.74, 6) is 2.91. The van der Waals surface area contributed by atoms with E-state index in [2.05, 4.69) is 29.6 Å². The molecule has 2 N–H and O–H groups in total. The van der Waals surface area contributed by atoms with Crippen LogP contribution >= 0.6 is 0 Å². The van der Waals surface area contributed by atoms with Crippen molar-refractivity contribution in [3.05, 3.63) is 113 Å². The molecule has 4 aliphatic heterocycles. The van der Waals surface area contributed by atoms with Crippen LogP contribution in [-0.2, 0) is 19.3 Å². The first-order chi connectivity index (χ1) is 19.1. The summed E-state index contributed by atoms with van der Waals surface area (Å²) in [7, 11) is 1.55. The van der Waals surface area contributed by atoms with Crippen LogP contribution in [0.5, 0.6) is 34.5 Å². The van der Waals surface area contributed by atoms with Crippen molar-refractivity contribution >= 4 is 10.8 Å². The van der Waals surface area contributed by atoms with E-state index in [4.69, 9.17) is 19.2 Å². The maximum atomic E-state index is 11.3. The molecular weight excluding hydrogens is 488 g/mol. The summed E-state index contributed by atoms with van der Waals surface area (Å²) >= 11 is 0. The number of aromatic hydroxyl groups is 1. The molecule has 39 heavy (non-hydrogen) atoms. The first-order valence-corrected chi connectivity index (χ1v) is 13.2. The van der Waals surface area contributed by atoms with Crippen LogP contribution in [0.2, 0.25) is 0 Å². The number of pyridine rings is 1. The van der Waals surface area contributed by atoms with Crippen molar-refractivity contribution in [2.45, 2.75) is 25.3 Å². The summed E-state index contributed by atoms with van der Waals surface area (Å²) in [4.78, 5) is 4.71. The van der Waals surface area contributed by atoms with Gasteiger partial charge in [-0.1, -0.05) is 30.3 Å². The number of hydrogen-bond donors (Lipinski definition) is 2. The van der Waals surface area contributed by atoms with Gasteiger partial charge in [0.15, 0.2) is 11.5 Å². The maximum absolute atomic E-state index is 11.3. The zero-order valence-electron chi connectivity index (χ0n) is 21.6. The SMILES string of the molecule is COc1cc2ccnc3c2c(c1O)Oc1ccc2c(c1)C(Cc1ccc(cc1)Oc1ccc(cc1)C3)NCC2. The molecule has 5 heterocycles. The molecule has 9 rings (SSSR count). The Bertz CT molecular complexity index is 1680. The number of phenols is 1. The average Bonchev–Trinajstić information content (AvgIpc) is 2.96. The van der Waals surface area contributed by atoms with Crippen LogP contribution in [0, 0.1) is 0 Å². The Balaban J connectivity index is 1.42. The molecule has 0 spiro atoms. The molecule has 0 saturated heterocycles. The van der Waals surface area contributed by atoms with Gasteiger partial charge in [0.05, 0.1) is 18.2 Å². The van der Waals surface area contributed by atoms with E-state index < -0.39 is 0 Å². The van der Waals surface area contributed by atoms with Crippen LogP contribution < -0.4 is 19.5 Å². The van der Waals surface area contributed by atoms with E-state index in [1.807, 2.05) is 54.6 Å². The third kappa shape index (κ3) is 4.43. The number of hydrogen-bond acceptors (Lipinski definition) is 6. The van der Waals surface area contributed by atoms with Crippen LogP contribution in [0.15, 0.2) is 85.1 Å². The Labute approximate surface area is 226 Å². The summed E-state index contributed by atoms with van der Waals surface area (Å²) in [5.41, 5.74) is 5.61. The highest BCUT2D eigenvalue weighted by atomic mass is 16.5. The Morgan fingerprint density at radius 1 is 0.872 bits per heavy atom. The van der Waals surface area contributed by atoms with Gasteiger partial charge in [-0.15, -0.1) is 0 Å². The molecule has 1 atom stereocenters. The number of rotatable bonds is 1. The van der Waals surface area contributed by atoms with Crippen molar-refractivity contribution < 1.29 is 19.3 Å². The maximum Gasteiger partial charge on any atom is 0.202 e. The molecule has 0 aliphatic carbocycles. The zero-order chi connectivity index (χ0) is 26.3. The Kier molecular flexibility index (Phi) is 5.82. The minimum atomic E-state index is -0.0406. The van der Waals surface area contributed by atoms with Gasteiger partial charge in [-0.2, -0.15) is 0 Å². The average molecular weight is 517 g/mol. The molecule has 0 radical (unpaired) electrons. The monoisotopic (exact) mass is 516 g/mol. The number of nitrogens with zero attached hydrogens (tertiary/aromatic N) is 1. The van der Waals surface area contributed by atoms with Gasteiger partial charge in [0, 0.05) is 18.7 Å². The number of ether oxygens (including phenoxy) is 3. The van der Waals surface area contributed by atoms with Crippen molar-refractivity contribution in [1.82, 2.24) is 10.3 Å². The summed E-state index contributed by atoms with van der Waals surface area (Å²) in [6.45, 7) is 0.922. The van der Waals surface area contributed by atoms with Crippen molar-refractivity contribution in [3.63, 3.8) is 0 Å². The second-order valence-corrected chi connectivity index (χ2v) is 10.1. The third-order valence-corrected chi connectivity index (χ3v) is 7.64. The lowest BCUT2D eigenvalue weighted by Crippen LogP contribution is -2.31. The van der Waals surface area contributed by atoms with E-state index in [0.717, 1.165) is 52.9 Å². The van der Waals surface area contributed by atoms with E-state index in [1.165, 1.54) is 16.7 Å². The fourth-order valence-corrected chi connectivity index (χ4v) is 5.65. The number of benzene rings is 4. The van der Waals surface area contributed by atoms with Gasteiger partial charge in [-0.3, -0.25) is 4.98 Å². The predicted octanol–water partition coefficient (Wildman–Crippen LogP) is 6.87. The van der Waals surface area contributed by atoms with E-state index in [1.54, 1.807) is 13.3 Å². The second kappa shape index (κ2) is 9.64. The molecule has 6 nitrogen and oxygen atoms in total. The van der Waals surface area contributed by atoms with E-state index in [-0.39, 0.29) is 11.8 Å². The van der Waals surface area contributed by atoms with E-state index in [9.17, 15) is 5.11 Å². The number of phenolic OH excluding ortho intramolecular Hbond substituents is 1.